The van der Waals surface area contributed by atoms with Gasteiger partial charge in [-0.15, -0.1) is 0 Å². The van der Waals surface area contributed by atoms with Crippen LogP contribution in [0, 0.1) is 5.92 Å². The smallest absolute Gasteiger partial charge is 0.322 e. The summed E-state index contributed by atoms with van der Waals surface area (Å²) in [5.74, 6) is -1.41. The normalized spacial score (nSPS) is 24.0. The molecule has 2 atom stereocenters. The minimum atomic E-state index is -4.01. The predicted octanol–water partition coefficient (Wildman–Crippen LogP) is 2.87. The molecule has 0 spiro atoms. The van der Waals surface area contributed by atoms with Crippen LogP contribution in [0.5, 0.6) is 0 Å². The lowest BCUT2D eigenvalue weighted by molar-refractivity contribution is -0.144. The molecule has 0 aromatic heterocycles. The second-order valence-electron chi connectivity index (χ2n) is 5.09. The summed E-state index contributed by atoms with van der Waals surface area (Å²) in [5.41, 5.74) is 0. The number of benzene rings is 1. The number of hydrogen-bond donors (Lipinski definition) is 1. The van der Waals surface area contributed by atoms with E-state index < -0.39 is 22.0 Å². The van der Waals surface area contributed by atoms with Crippen LogP contribution < -0.4 is 0 Å². The van der Waals surface area contributed by atoms with Crippen molar-refractivity contribution in [2.24, 2.45) is 5.92 Å². The first-order valence-corrected chi connectivity index (χ1v) is 8.64. The van der Waals surface area contributed by atoms with Crippen molar-refractivity contribution in [3.63, 3.8) is 0 Å². The minimum Gasteiger partial charge on any atom is -0.480 e. The second-order valence-corrected chi connectivity index (χ2v) is 7.80. The van der Waals surface area contributed by atoms with Crippen molar-refractivity contribution in [3.8, 4) is 0 Å². The molecule has 1 aliphatic rings. The average molecular weight is 352 g/mol. The van der Waals surface area contributed by atoms with E-state index in [2.05, 4.69) is 0 Å². The standard InChI is InChI=1S/C13H15Cl2NO4S/c1-8-3-2-6-16(12(8)13(17)18)21(19,20)11-7-9(14)4-5-10(11)15/h4-5,7-8,12H,2-3,6H2,1H3,(H,17,18). The molecule has 1 aliphatic heterocycles. The van der Waals surface area contributed by atoms with Crippen molar-refractivity contribution in [3.05, 3.63) is 28.2 Å². The molecule has 2 unspecified atom stereocenters. The molecule has 21 heavy (non-hydrogen) atoms. The first-order valence-electron chi connectivity index (χ1n) is 6.45. The van der Waals surface area contributed by atoms with Crippen LogP contribution in [0.1, 0.15) is 19.8 Å². The van der Waals surface area contributed by atoms with Gasteiger partial charge in [-0.3, -0.25) is 4.79 Å². The monoisotopic (exact) mass is 351 g/mol. The van der Waals surface area contributed by atoms with Gasteiger partial charge in [0, 0.05) is 11.6 Å². The van der Waals surface area contributed by atoms with Crippen LogP contribution in [-0.4, -0.2) is 36.4 Å². The zero-order valence-corrected chi connectivity index (χ0v) is 13.6. The highest BCUT2D eigenvalue weighted by atomic mass is 35.5. The van der Waals surface area contributed by atoms with E-state index in [9.17, 15) is 18.3 Å². The first-order chi connectivity index (χ1) is 9.75. The van der Waals surface area contributed by atoms with Crippen molar-refractivity contribution in [1.29, 1.82) is 0 Å². The molecule has 1 saturated heterocycles. The van der Waals surface area contributed by atoms with Crippen LogP contribution >= 0.6 is 23.2 Å². The van der Waals surface area contributed by atoms with Gasteiger partial charge in [0.15, 0.2) is 0 Å². The summed E-state index contributed by atoms with van der Waals surface area (Å²) in [6.45, 7) is 1.90. The molecule has 0 saturated carbocycles. The summed E-state index contributed by atoms with van der Waals surface area (Å²) in [6, 6.07) is 3.03. The van der Waals surface area contributed by atoms with Crippen LogP contribution in [0.25, 0.3) is 0 Å². The Labute approximate surface area is 133 Å². The molecule has 5 nitrogen and oxygen atoms in total. The van der Waals surface area contributed by atoms with Crippen molar-refractivity contribution in [1.82, 2.24) is 4.31 Å². The van der Waals surface area contributed by atoms with Gasteiger partial charge in [0.05, 0.1) is 5.02 Å². The zero-order chi connectivity index (χ0) is 15.8. The van der Waals surface area contributed by atoms with Gasteiger partial charge >= 0.3 is 5.97 Å². The fourth-order valence-corrected chi connectivity index (χ4v) is 5.04. The molecule has 116 valence electrons. The van der Waals surface area contributed by atoms with E-state index >= 15 is 0 Å². The Hall–Kier alpha value is -0.820. The van der Waals surface area contributed by atoms with E-state index in [1.54, 1.807) is 6.92 Å². The van der Waals surface area contributed by atoms with Crippen molar-refractivity contribution >= 4 is 39.2 Å². The third-order valence-electron chi connectivity index (χ3n) is 3.62. The molecular weight excluding hydrogens is 337 g/mol. The van der Waals surface area contributed by atoms with E-state index in [1.165, 1.54) is 18.2 Å². The molecule has 8 heteroatoms. The van der Waals surface area contributed by atoms with E-state index in [-0.39, 0.29) is 27.4 Å². The zero-order valence-electron chi connectivity index (χ0n) is 11.3. The summed E-state index contributed by atoms with van der Waals surface area (Å²) < 4.78 is 26.5. The molecule has 1 fully saturated rings. The van der Waals surface area contributed by atoms with E-state index in [0.717, 1.165) is 4.31 Å². The maximum atomic E-state index is 12.7. The average Bonchev–Trinajstić information content (AvgIpc) is 2.40. The highest BCUT2D eigenvalue weighted by Gasteiger charge is 2.42. The fourth-order valence-electron chi connectivity index (χ4n) is 2.59. The first kappa shape index (κ1) is 16.5. The topological polar surface area (TPSA) is 74.7 Å². The highest BCUT2D eigenvalue weighted by Crippen LogP contribution is 2.33. The summed E-state index contributed by atoms with van der Waals surface area (Å²) in [7, 11) is -4.01. The number of carboxylic acids is 1. The Balaban J connectivity index is 2.51. The Morgan fingerprint density at radius 2 is 2.05 bits per heavy atom. The van der Waals surface area contributed by atoms with Crippen LogP contribution in [0.4, 0.5) is 0 Å². The van der Waals surface area contributed by atoms with Gasteiger partial charge in [0.1, 0.15) is 10.9 Å². The Bertz CT molecular complexity index is 662. The Morgan fingerprint density at radius 3 is 2.67 bits per heavy atom. The molecule has 1 aromatic rings. The summed E-state index contributed by atoms with van der Waals surface area (Å²) in [6.07, 6.45) is 1.29. The molecule has 0 bridgehead atoms. The number of piperidine rings is 1. The van der Waals surface area contributed by atoms with E-state index in [0.29, 0.717) is 12.8 Å². The van der Waals surface area contributed by atoms with Crippen LogP contribution in [0.3, 0.4) is 0 Å². The van der Waals surface area contributed by atoms with Crippen LogP contribution in [-0.2, 0) is 14.8 Å². The number of hydrogen-bond acceptors (Lipinski definition) is 3. The number of rotatable bonds is 3. The van der Waals surface area contributed by atoms with Crippen LogP contribution in [0.15, 0.2) is 23.1 Å². The van der Waals surface area contributed by atoms with Gasteiger partial charge in [-0.1, -0.05) is 30.1 Å². The third-order valence-corrected chi connectivity index (χ3v) is 6.22. The third kappa shape index (κ3) is 3.18. The molecule has 2 rings (SSSR count). The number of aliphatic carboxylic acids is 1. The predicted molar refractivity (Wildman–Crippen MR) is 80.2 cm³/mol. The van der Waals surface area contributed by atoms with Gasteiger partial charge in [-0.25, -0.2) is 8.42 Å². The number of nitrogens with zero attached hydrogens (tertiary/aromatic N) is 1. The Morgan fingerprint density at radius 1 is 1.38 bits per heavy atom. The molecule has 0 amide bonds. The minimum absolute atomic E-state index is 0.0294. The lowest BCUT2D eigenvalue weighted by Gasteiger charge is -2.36. The lowest BCUT2D eigenvalue weighted by Crippen LogP contribution is -2.51. The molecule has 1 aromatic carbocycles. The molecule has 0 aliphatic carbocycles. The number of carbonyl (C=O) groups is 1. The van der Waals surface area contributed by atoms with Crippen molar-refractivity contribution in [2.45, 2.75) is 30.7 Å². The molecule has 1 heterocycles. The van der Waals surface area contributed by atoms with E-state index in [4.69, 9.17) is 23.2 Å². The largest absolute Gasteiger partial charge is 0.480 e. The molecule has 1 N–H and O–H groups in total. The van der Waals surface area contributed by atoms with Gasteiger partial charge in [0.2, 0.25) is 10.0 Å². The maximum Gasteiger partial charge on any atom is 0.322 e. The lowest BCUT2D eigenvalue weighted by atomic mass is 9.93. The summed E-state index contributed by atoms with van der Waals surface area (Å²) in [5, 5.41) is 9.61. The summed E-state index contributed by atoms with van der Waals surface area (Å²) >= 11 is 11.8. The number of halogens is 2. The number of carboxylic acid groups (broad SMARTS) is 1. The second kappa shape index (κ2) is 6.12. The van der Waals surface area contributed by atoms with Gasteiger partial charge in [-0.05, 0) is 37.0 Å². The number of sulfonamides is 1. The van der Waals surface area contributed by atoms with Gasteiger partial charge in [-0.2, -0.15) is 4.31 Å². The molecular formula is C13H15Cl2NO4S. The fraction of sp³-hybridized carbons (Fsp3) is 0.462. The summed E-state index contributed by atoms with van der Waals surface area (Å²) in [4.78, 5) is 11.3. The SMILES string of the molecule is CC1CCCN(S(=O)(=O)c2cc(Cl)ccc2Cl)C1C(=O)O. The Kier molecular flexibility index (Phi) is 4.82. The quantitative estimate of drug-likeness (QED) is 0.908. The van der Waals surface area contributed by atoms with Crippen molar-refractivity contribution < 1.29 is 18.3 Å². The van der Waals surface area contributed by atoms with Gasteiger partial charge in [0.25, 0.3) is 0 Å². The van der Waals surface area contributed by atoms with Gasteiger partial charge < -0.3 is 5.11 Å². The maximum absolute atomic E-state index is 12.7. The highest BCUT2D eigenvalue weighted by molar-refractivity contribution is 7.89. The van der Waals surface area contributed by atoms with Crippen molar-refractivity contribution in [2.75, 3.05) is 6.54 Å². The molecule has 0 radical (unpaired) electrons. The van der Waals surface area contributed by atoms with Crippen LogP contribution in [0.2, 0.25) is 10.0 Å². The van der Waals surface area contributed by atoms with E-state index in [1.807, 2.05) is 0 Å².